The molecule has 0 fully saturated rings. The van der Waals surface area contributed by atoms with Crippen molar-refractivity contribution in [3.05, 3.63) is 83.2 Å². The molecule has 18 heteroatoms. The van der Waals surface area contributed by atoms with E-state index in [1.54, 1.807) is 91.6 Å². The van der Waals surface area contributed by atoms with Crippen LogP contribution < -0.4 is 61.1 Å². The molecular formula is C26H32N9NaO6S2. The van der Waals surface area contributed by atoms with Gasteiger partial charge in [-0.15, -0.1) is 4.91 Å². The molecule has 1 amide bonds. The molecule has 0 radical (unpaired) electrons. The van der Waals surface area contributed by atoms with Gasteiger partial charge in [0.2, 0.25) is 26.0 Å². The van der Waals surface area contributed by atoms with Crippen LogP contribution in [0.25, 0.3) is 27.1 Å². The third-order valence-corrected chi connectivity index (χ3v) is 8.71. The minimum atomic E-state index is -3.54. The number of rotatable bonds is 10. The number of carbonyl (C=O) groups excluding carboxylic acids is 1. The fourth-order valence-electron chi connectivity index (χ4n) is 3.93. The van der Waals surface area contributed by atoms with E-state index in [0.29, 0.717) is 40.6 Å². The molecule has 0 bridgehead atoms. The van der Waals surface area contributed by atoms with Crippen LogP contribution in [0.1, 0.15) is 20.8 Å². The summed E-state index contributed by atoms with van der Waals surface area (Å²) in [5.41, 5.74) is 17.7. The Labute approximate surface area is 277 Å². The van der Waals surface area contributed by atoms with E-state index in [2.05, 4.69) is 25.3 Å². The topological polar surface area (TPSA) is 236 Å². The summed E-state index contributed by atoms with van der Waals surface area (Å²) >= 11 is 0. The van der Waals surface area contributed by atoms with Gasteiger partial charge in [0.25, 0.3) is 0 Å². The van der Waals surface area contributed by atoms with E-state index < -0.39 is 20.0 Å². The second-order valence-corrected chi connectivity index (χ2v) is 11.9. The van der Waals surface area contributed by atoms with Gasteiger partial charge < -0.3 is 22.1 Å². The Morgan fingerprint density at radius 1 is 0.750 bits per heavy atom. The zero-order chi connectivity index (χ0) is 32.0. The van der Waals surface area contributed by atoms with Crippen LogP contribution in [0.15, 0.2) is 93.1 Å². The van der Waals surface area contributed by atoms with Crippen LogP contribution in [0, 0.1) is 4.91 Å². The van der Waals surface area contributed by atoms with E-state index in [4.69, 9.17) is 16.2 Å². The molecule has 0 heterocycles. The van der Waals surface area contributed by atoms with Crippen molar-refractivity contribution in [2.24, 2.45) is 10.5 Å². The molecule has 0 saturated carbocycles. The number of sulfonamides is 2. The third-order valence-electron chi connectivity index (χ3n) is 5.50. The minimum Gasteiger partial charge on any atom is -0.398 e. The van der Waals surface area contributed by atoms with Crippen LogP contribution in [-0.4, -0.2) is 35.8 Å². The van der Waals surface area contributed by atoms with Gasteiger partial charge in [-0.3, -0.25) is 10.0 Å². The summed E-state index contributed by atoms with van der Waals surface area (Å²) in [7, 11) is -7.00. The molecule has 0 aliphatic carbocycles. The summed E-state index contributed by atoms with van der Waals surface area (Å²) in [4.78, 5) is 20.6. The van der Waals surface area contributed by atoms with E-state index >= 15 is 0 Å². The van der Waals surface area contributed by atoms with Crippen LogP contribution in [0.3, 0.4) is 0 Å². The maximum atomic E-state index is 12.2. The van der Waals surface area contributed by atoms with Crippen molar-refractivity contribution in [1.82, 2.24) is 20.5 Å². The second-order valence-electron chi connectivity index (χ2n) is 8.45. The molecule has 4 rings (SSSR count). The SMILES string of the molecule is CCNS(=O)(=O)c1cccc2c(N)cccc12.CCNS(=O)(=O)c1cccc2c(NC(C)=O)cccc12.[N-]=NNNN=O.[Na+]. The largest absolute Gasteiger partial charge is 1.00 e. The fourth-order valence-corrected chi connectivity index (χ4v) is 6.45. The molecule has 0 saturated heterocycles. The molecular weight excluding hydrogens is 621 g/mol. The number of nitrogens with one attached hydrogen (secondary N) is 5. The number of carbonyl (C=O) groups is 1. The molecule has 0 atom stereocenters. The molecule has 0 unspecified atom stereocenters. The summed E-state index contributed by atoms with van der Waals surface area (Å²) in [6.45, 7) is 5.58. The number of nitroso groups, excluding NO2 is 1. The monoisotopic (exact) mass is 653 g/mol. The van der Waals surface area contributed by atoms with E-state index in [-0.39, 0.29) is 45.3 Å². The van der Waals surface area contributed by atoms with Crippen molar-refractivity contribution in [3.63, 3.8) is 0 Å². The molecule has 230 valence electrons. The predicted octanol–water partition coefficient (Wildman–Crippen LogP) is 0.519. The number of hydrogen-bond donors (Lipinski definition) is 6. The first-order chi connectivity index (χ1) is 20.4. The number of amides is 1. The van der Waals surface area contributed by atoms with Gasteiger partial charge in [0.1, 0.15) is 0 Å². The molecule has 0 spiro atoms. The number of anilines is 2. The second kappa shape index (κ2) is 18.2. The molecule has 44 heavy (non-hydrogen) atoms. The fraction of sp³-hybridized carbons (Fsp3) is 0.192. The van der Waals surface area contributed by atoms with Crippen LogP contribution in [0.4, 0.5) is 11.4 Å². The van der Waals surface area contributed by atoms with Crippen molar-refractivity contribution < 1.29 is 51.2 Å². The smallest absolute Gasteiger partial charge is 0.398 e. The zero-order valence-electron chi connectivity index (χ0n) is 24.5. The van der Waals surface area contributed by atoms with Crippen molar-refractivity contribution >= 4 is 58.9 Å². The first-order valence-corrected chi connectivity index (χ1v) is 15.6. The quantitative estimate of drug-likeness (QED) is 0.0349. The van der Waals surface area contributed by atoms with Gasteiger partial charge in [0.05, 0.1) is 15.1 Å². The average molecular weight is 654 g/mol. The Bertz CT molecular complexity index is 1800. The van der Waals surface area contributed by atoms with Gasteiger partial charge in [0, 0.05) is 52.9 Å². The Balaban J connectivity index is 0.000000368. The zero-order valence-corrected chi connectivity index (χ0v) is 28.2. The van der Waals surface area contributed by atoms with E-state index in [1.165, 1.54) is 6.92 Å². The Kier molecular flexibility index (Phi) is 15.8. The van der Waals surface area contributed by atoms with Crippen LogP contribution in [0.5, 0.6) is 0 Å². The third kappa shape index (κ3) is 10.5. The molecule has 4 aromatic rings. The Morgan fingerprint density at radius 3 is 1.66 bits per heavy atom. The summed E-state index contributed by atoms with van der Waals surface area (Å²) < 4.78 is 53.3. The molecule has 0 aromatic heterocycles. The number of hydrazine groups is 1. The van der Waals surface area contributed by atoms with Crippen LogP contribution >= 0.6 is 0 Å². The van der Waals surface area contributed by atoms with E-state index in [0.717, 1.165) is 5.39 Å². The summed E-state index contributed by atoms with van der Waals surface area (Å²) in [6.07, 6.45) is 0. The van der Waals surface area contributed by atoms with Crippen molar-refractivity contribution in [2.75, 3.05) is 24.1 Å². The van der Waals surface area contributed by atoms with Gasteiger partial charge in [-0.2, -0.15) is 0 Å². The normalized spacial score (nSPS) is 10.6. The van der Waals surface area contributed by atoms with Gasteiger partial charge in [0.15, 0.2) is 0 Å². The number of nitrogen functional groups attached to an aromatic ring is 1. The van der Waals surface area contributed by atoms with Gasteiger partial charge in [-0.1, -0.05) is 62.4 Å². The van der Waals surface area contributed by atoms with Crippen molar-refractivity contribution in [3.8, 4) is 0 Å². The van der Waals surface area contributed by atoms with Gasteiger partial charge in [-0.25, -0.2) is 31.8 Å². The number of nitrogens with zero attached hydrogens (tertiary/aromatic N) is 3. The Morgan fingerprint density at radius 2 is 1.20 bits per heavy atom. The number of fused-ring (bicyclic) bond motifs is 2. The summed E-state index contributed by atoms with van der Waals surface area (Å²) in [6, 6.07) is 20.6. The number of benzene rings is 4. The number of nitrogens with two attached hydrogens (primary N) is 1. The summed E-state index contributed by atoms with van der Waals surface area (Å²) in [5, 5.41) is 9.72. The standard InChI is InChI=1S/C14H16N2O3S.C12H14N2O2S.H2N5O.Na/c1-3-15-20(18,19)14-9-5-6-11-12(14)7-4-8-13(11)16-10(2)17;1-2-14-17(15,16)12-8-4-5-9-10(12)6-3-7-11(9)13;1-2-3-4-5-6;/h4-9,15H,3H2,1-2H3,(H,16,17);3-8,14H,2,13H2,1H3;(H2-,1,2,3,4,5,6);/q;;-1;+1. The molecule has 7 N–H and O–H groups in total. The van der Waals surface area contributed by atoms with E-state index in [1.807, 2.05) is 6.07 Å². The minimum absolute atomic E-state index is 0. The molecule has 4 aromatic carbocycles. The summed E-state index contributed by atoms with van der Waals surface area (Å²) in [5.74, 6) is -0.197. The van der Waals surface area contributed by atoms with Gasteiger partial charge >= 0.3 is 29.6 Å². The Hall–Kier alpha value is -3.71. The molecule has 15 nitrogen and oxygen atoms in total. The van der Waals surface area contributed by atoms with Crippen molar-refractivity contribution in [1.29, 1.82) is 0 Å². The van der Waals surface area contributed by atoms with Gasteiger partial charge in [-0.05, 0) is 24.3 Å². The first-order valence-electron chi connectivity index (χ1n) is 12.7. The molecule has 0 aliphatic heterocycles. The van der Waals surface area contributed by atoms with Crippen LogP contribution in [-0.2, 0) is 24.8 Å². The maximum Gasteiger partial charge on any atom is 1.00 e. The molecule has 0 aliphatic rings. The predicted molar refractivity (Wildman–Crippen MR) is 166 cm³/mol. The number of hydrogen-bond acceptors (Lipinski definition) is 9. The first kappa shape index (κ1) is 38.3. The van der Waals surface area contributed by atoms with Crippen LogP contribution in [0.2, 0.25) is 0 Å². The van der Waals surface area contributed by atoms with Crippen molar-refractivity contribution in [2.45, 2.75) is 30.6 Å². The maximum absolute atomic E-state index is 12.2. The van der Waals surface area contributed by atoms with E-state index in [9.17, 15) is 21.6 Å². The average Bonchev–Trinajstić information content (AvgIpc) is 2.96.